The Morgan fingerprint density at radius 2 is 1.91 bits per heavy atom. The lowest BCUT2D eigenvalue weighted by atomic mass is 10.2. The molecular weight excluding hydrogens is 274 g/mol. The summed E-state index contributed by atoms with van der Waals surface area (Å²) >= 11 is 0. The van der Waals surface area contributed by atoms with Crippen LogP contribution in [0.15, 0.2) is 29.5 Å². The van der Waals surface area contributed by atoms with Gasteiger partial charge in [0.2, 0.25) is 0 Å². The Labute approximate surface area is 134 Å². The third kappa shape index (κ3) is 6.10. The summed E-state index contributed by atoms with van der Waals surface area (Å²) in [6, 6.07) is 4.11. The maximum absolute atomic E-state index is 4.73. The van der Waals surface area contributed by atoms with E-state index in [1.807, 2.05) is 0 Å². The Balaban J connectivity index is 1.70. The number of aliphatic imine (C=N–C) groups is 1. The van der Waals surface area contributed by atoms with Crippen molar-refractivity contribution in [3.63, 3.8) is 0 Å². The zero-order valence-electron chi connectivity index (χ0n) is 14.1. The van der Waals surface area contributed by atoms with Crippen molar-refractivity contribution in [2.75, 3.05) is 39.3 Å². The Kier molecular flexibility index (Phi) is 7.30. The van der Waals surface area contributed by atoms with Gasteiger partial charge >= 0.3 is 0 Å². The number of nitrogens with zero attached hydrogens (tertiary/aromatic N) is 3. The number of aromatic nitrogens is 1. The van der Waals surface area contributed by atoms with E-state index in [0.29, 0.717) is 5.92 Å². The number of guanidine groups is 1. The van der Waals surface area contributed by atoms with Crippen molar-refractivity contribution in [2.24, 2.45) is 10.9 Å². The van der Waals surface area contributed by atoms with Crippen LogP contribution in [-0.2, 0) is 6.54 Å². The smallest absolute Gasteiger partial charge is 0.191 e. The second-order valence-corrected chi connectivity index (χ2v) is 6.18. The number of rotatable bonds is 8. The fraction of sp³-hybridized carbons (Fsp3) is 0.706. The molecule has 0 amide bonds. The quantitative estimate of drug-likeness (QED) is 0.568. The lowest BCUT2D eigenvalue weighted by molar-refractivity contribution is 0.291. The maximum Gasteiger partial charge on any atom is 0.191 e. The highest BCUT2D eigenvalue weighted by Crippen LogP contribution is 2.10. The molecule has 1 unspecified atom stereocenters. The predicted molar refractivity (Wildman–Crippen MR) is 93.3 cm³/mol. The minimum atomic E-state index is 0.609. The van der Waals surface area contributed by atoms with E-state index < -0.39 is 0 Å². The summed E-state index contributed by atoms with van der Waals surface area (Å²) in [6.07, 6.45) is 6.90. The van der Waals surface area contributed by atoms with Gasteiger partial charge in [0.05, 0.1) is 0 Å². The molecule has 0 spiro atoms. The highest BCUT2D eigenvalue weighted by Gasteiger charge is 2.14. The summed E-state index contributed by atoms with van der Waals surface area (Å²) in [5.74, 6) is 1.54. The van der Waals surface area contributed by atoms with Crippen LogP contribution in [0.1, 0.15) is 26.7 Å². The van der Waals surface area contributed by atoms with Crippen molar-refractivity contribution in [3.8, 4) is 0 Å². The summed E-state index contributed by atoms with van der Waals surface area (Å²) < 4.78 is 2.17. The molecule has 2 rings (SSSR count). The zero-order valence-corrected chi connectivity index (χ0v) is 14.1. The molecule has 1 saturated heterocycles. The first-order chi connectivity index (χ1) is 10.8. The van der Waals surface area contributed by atoms with Gasteiger partial charge in [-0.25, -0.2) is 0 Å². The van der Waals surface area contributed by atoms with Crippen molar-refractivity contribution < 1.29 is 0 Å². The molecule has 1 atom stereocenters. The minimum absolute atomic E-state index is 0.609. The molecule has 0 saturated carbocycles. The highest BCUT2D eigenvalue weighted by atomic mass is 15.2. The summed E-state index contributed by atoms with van der Waals surface area (Å²) in [5.41, 5.74) is 0. The molecule has 2 heterocycles. The van der Waals surface area contributed by atoms with E-state index in [1.54, 1.807) is 0 Å². The summed E-state index contributed by atoms with van der Waals surface area (Å²) in [4.78, 5) is 7.29. The Hall–Kier alpha value is -1.49. The van der Waals surface area contributed by atoms with Crippen molar-refractivity contribution in [2.45, 2.75) is 33.2 Å². The molecule has 1 aliphatic rings. The van der Waals surface area contributed by atoms with Crippen LogP contribution in [0.4, 0.5) is 0 Å². The van der Waals surface area contributed by atoms with Crippen LogP contribution in [0.25, 0.3) is 0 Å². The molecule has 124 valence electrons. The van der Waals surface area contributed by atoms with Gasteiger partial charge in [-0.05, 0) is 50.9 Å². The molecule has 1 fully saturated rings. The van der Waals surface area contributed by atoms with Crippen molar-refractivity contribution >= 4 is 5.96 Å². The molecular formula is C17H31N5. The number of hydrogen-bond donors (Lipinski definition) is 2. The molecule has 5 heteroatoms. The zero-order chi connectivity index (χ0) is 15.6. The van der Waals surface area contributed by atoms with Gasteiger partial charge in [0.25, 0.3) is 0 Å². The average Bonchev–Trinajstić information content (AvgIpc) is 3.18. The van der Waals surface area contributed by atoms with Crippen LogP contribution < -0.4 is 10.6 Å². The minimum Gasteiger partial charge on any atom is -0.357 e. The SMILES string of the molecule is CCNC(=NCC(C)CN1CCCC1)NCCn1cccc1. The number of hydrogen-bond acceptors (Lipinski definition) is 2. The molecule has 22 heavy (non-hydrogen) atoms. The molecule has 1 aromatic rings. The maximum atomic E-state index is 4.73. The van der Waals surface area contributed by atoms with Crippen molar-refractivity contribution in [3.05, 3.63) is 24.5 Å². The van der Waals surface area contributed by atoms with Crippen molar-refractivity contribution in [1.82, 2.24) is 20.1 Å². The van der Waals surface area contributed by atoms with Gasteiger partial charge in [-0.1, -0.05) is 6.92 Å². The molecule has 0 bridgehead atoms. The molecule has 0 aliphatic carbocycles. The standard InChI is InChI=1S/C17H31N5/c1-3-18-17(19-8-13-21-9-4-5-10-21)20-14-16(2)15-22-11-6-7-12-22/h4-5,9-10,16H,3,6-8,11-15H2,1-2H3,(H2,18,19,20). The van der Waals surface area contributed by atoms with Gasteiger partial charge in [0, 0.05) is 45.1 Å². The molecule has 1 aromatic heterocycles. The van der Waals surface area contributed by atoms with Crippen LogP contribution >= 0.6 is 0 Å². The van der Waals surface area contributed by atoms with Gasteiger partial charge in [0.1, 0.15) is 0 Å². The van der Waals surface area contributed by atoms with E-state index in [4.69, 9.17) is 4.99 Å². The average molecular weight is 305 g/mol. The third-order valence-electron chi connectivity index (χ3n) is 4.00. The second-order valence-electron chi connectivity index (χ2n) is 6.18. The summed E-state index contributed by atoms with van der Waals surface area (Å²) in [6.45, 7) is 11.7. The van der Waals surface area contributed by atoms with E-state index >= 15 is 0 Å². The molecule has 1 aliphatic heterocycles. The Bertz CT molecular complexity index is 420. The molecule has 2 N–H and O–H groups in total. The first-order valence-electron chi connectivity index (χ1n) is 8.63. The van der Waals surface area contributed by atoms with E-state index in [0.717, 1.165) is 32.1 Å². The van der Waals surface area contributed by atoms with Crippen molar-refractivity contribution in [1.29, 1.82) is 0 Å². The predicted octanol–water partition coefficient (Wildman–Crippen LogP) is 1.78. The first kappa shape index (κ1) is 16.9. The normalized spacial score (nSPS) is 17.6. The fourth-order valence-corrected chi connectivity index (χ4v) is 2.88. The van der Waals surface area contributed by atoms with E-state index in [2.05, 4.69) is 58.5 Å². The Morgan fingerprint density at radius 3 is 2.59 bits per heavy atom. The fourth-order valence-electron chi connectivity index (χ4n) is 2.88. The monoisotopic (exact) mass is 305 g/mol. The highest BCUT2D eigenvalue weighted by molar-refractivity contribution is 5.79. The number of nitrogens with one attached hydrogen (secondary N) is 2. The number of likely N-dealkylation sites (tertiary alicyclic amines) is 1. The third-order valence-corrected chi connectivity index (χ3v) is 4.00. The van der Waals surface area contributed by atoms with Crippen LogP contribution in [0.3, 0.4) is 0 Å². The van der Waals surface area contributed by atoms with Crippen LogP contribution in [0.5, 0.6) is 0 Å². The first-order valence-corrected chi connectivity index (χ1v) is 8.63. The van der Waals surface area contributed by atoms with Crippen LogP contribution in [-0.4, -0.2) is 54.7 Å². The van der Waals surface area contributed by atoms with Gasteiger partial charge in [0.15, 0.2) is 5.96 Å². The summed E-state index contributed by atoms with van der Waals surface area (Å²) in [5, 5.41) is 6.74. The lowest BCUT2D eigenvalue weighted by Gasteiger charge is -2.19. The molecule has 5 nitrogen and oxygen atoms in total. The topological polar surface area (TPSA) is 44.6 Å². The summed E-state index contributed by atoms with van der Waals surface area (Å²) in [7, 11) is 0. The van der Waals surface area contributed by atoms with Gasteiger partial charge < -0.3 is 20.1 Å². The molecule has 0 aromatic carbocycles. The lowest BCUT2D eigenvalue weighted by Crippen LogP contribution is -2.39. The van der Waals surface area contributed by atoms with Gasteiger partial charge in [-0.3, -0.25) is 4.99 Å². The van der Waals surface area contributed by atoms with Gasteiger partial charge in [-0.15, -0.1) is 0 Å². The van der Waals surface area contributed by atoms with E-state index in [-0.39, 0.29) is 0 Å². The van der Waals surface area contributed by atoms with Gasteiger partial charge in [-0.2, -0.15) is 0 Å². The van der Waals surface area contributed by atoms with E-state index in [1.165, 1.54) is 32.5 Å². The van der Waals surface area contributed by atoms with E-state index in [9.17, 15) is 0 Å². The second kappa shape index (κ2) is 9.51. The Morgan fingerprint density at radius 1 is 1.18 bits per heavy atom. The van der Waals surface area contributed by atoms with Crippen LogP contribution in [0, 0.1) is 5.92 Å². The van der Waals surface area contributed by atoms with Crippen LogP contribution in [0.2, 0.25) is 0 Å². The molecule has 0 radical (unpaired) electrons. The largest absolute Gasteiger partial charge is 0.357 e.